The molecule has 0 fully saturated rings. The van der Waals surface area contributed by atoms with Crippen LogP contribution in [0.3, 0.4) is 0 Å². The molecule has 0 bridgehead atoms. The standard InChI is InChI=1S/C14H14N2OS/c17-14(13-8-18-9-15-13)16-12-7-3-5-10-4-1-2-6-11(10)12/h1-2,4,6,8-9,12H,3,5,7H2,(H,16,17)/t12-/m1/s1. The number of amides is 1. The van der Waals surface area contributed by atoms with Crippen molar-refractivity contribution >= 4 is 17.2 Å². The monoisotopic (exact) mass is 258 g/mol. The minimum Gasteiger partial charge on any atom is -0.344 e. The van der Waals surface area contributed by atoms with E-state index >= 15 is 0 Å². The fourth-order valence-electron chi connectivity index (χ4n) is 2.46. The molecule has 1 N–H and O–H groups in total. The van der Waals surface area contributed by atoms with Crippen LogP contribution in [0.4, 0.5) is 0 Å². The van der Waals surface area contributed by atoms with Crippen molar-refractivity contribution < 1.29 is 4.79 Å². The molecule has 1 heterocycles. The Labute approximate surface area is 110 Å². The Balaban J connectivity index is 1.80. The second-order valence-corrected chi connectivity index (χ2v) is 5.21. The summed E-state index contributed by atoms with van der Waals surface area (Å²) in [6.45, 7) is 0. The number of nitrogens with zero attached hydrogens (tertiary/aromatic N) is 1. The molecule has 3 rings (SSSR count). The first-order chi connectivity index (χ1) is 8.84. The Morgan fingerprint density at radius 1 is 1.39 bits per heavy atom. The van der Waals surface area contributed by atoms with E-state index in [0.717, 1.165) is 19.3 Å². The topological polar surface area (TPSA) is 42.0 Å². The summed E-state index contributed by atoms with van der Waals surface area (Å²) in [4.78, 5) is 16.1. The second kappa shape index (κ2) is 4.90. The molecule has 0 radical (unpaired) electrons. The van der Waals surface area contributed by atoms with Crippen LogP contribution in [0, 0.1) is 0 Å². The average molecular weight is 258 g/mol. The van der Waals surface area contributed by atoms with E-state index < -0.39 is 0 Å². The predicted octanol–water partition coefficient (Wildman–Crippen LogP) is 2.95. The van der Waals surface area contributed by atoms with Crippen molar-refractivity contribution in [3.63, 3.8) is 0 Å². The minimum absolute atomic E-state index is 0.0713. The highest BCUT2D eigenvalue weighted by atomic mass is 32.1. The average Bonchev–Trinajstić information content (AvgIpc) is 2.93. The van der Waals surface area contributed by atoms with Crippen LogP contribution < -0.4 is 5.32 Å². The summed E-state index contributed by atoms with van der Waals surface area (Å²) in [5.74, 6) is -0.0713. The molecule has 1 aromatic heterocycles. The van der Waals surface area contributed by atoms with Crippen LogP contribution >= 0.6 is 11.3 Å². The molecule has 18 heavy (non-hydrogen) atoms. The van der Waals surface area contributed by atoms with Gasteiger partial charge in [0.2, 0.25) is 0 Å². The molecular weight excluding hydrogens is 244 g/mol. The highest BCUT2D eigenvalue weighted by Gasteiger charge is 2.22. The van der Waals surface area contributed by atoms with Crippen molar-refractivity contribution in [3.05, 3.63) is 52.0 Å². The van der Waals surface area contributed by atoms with Gasteiger partial charge < -0.3 is 5.32 Å². The number of rotatable bonds is 2. The number of thiazole rings is 1. The molecule has 1 amide bonds. The molecule has 0 saturated carbocycles. The number of carbonyl (C=O) groups is 1. The molecule has 2 aromatic rings. The molecule has 3 nitrogen and oxygen atoms in total. The van der Waals surface area contributed by atoms with Crippen LogP contribution in [0.5, 0.6) is 0 Å². The molecule has 92 valence electrons. The zero-order valence-electron chi connectivity index (χ0n) is 9.93. The SMILES string of the molecule is O=C(N[C@@H]1CCCc2ccccc21)c1cscn1. The Bertz CT molecular complexity index is 551. The number of aryl methyl sites for hydroxylation is 1. The summed E-state index contributed by atoms with van der Waals surface area (Å²) in [5, 5.41) is 4.86. The Morgan fingerprint density at radius 3 is 3.11 bits per heavy atom. The third-order valence-electron chi connectivity index (χ3n) is 3.34. The largest absolute Gasteiger partial charge is 0.344 e. The zero-order chi connectivity index (χ0) is 12.4. The van der Waals surface area contributed by atoms with Crippen molar-refractivity contribution in [2.24, 2.45) is 0 Å². The number of nitrogens with one attached hydrogen (secondary N) is 1. The highest BCUT2D eigenvalue weighted by molar-refractivity contribution is 7.07. The molecule has 1 aliphatic carbocycles. The van der Waals surface area contributed by atoms with Crippen LogP contribution in [0.25, 0.3) is 0 Å². The van der Waals surface area contributed by atoms with E-state index in [9.17, 15) is 4.79 Å². The van der Waals surface area contributed by atoms with Gasteiger partial charge in [-0.25, -0.2) is 4.98 Å². The van der Waals surface area contributed by atoms with Gasteiger partial charge >= 0.3 is 0 Å². The van der Waals surface area contributed by atoms with Gasteiger partial charge in [0.05, 0.1) is 11.6 Å². The van der Waals surface area contributed by atoms with Gasteiger partial charge in [-0.1, -0.05) is 24.3 Å². The van der Waals surface area contributed by atoms with E-state index in [1.54, 1.807) is 10.9 Å². The van der Waals surface area contributed by atoms with E-state index in [-0.39, 0.29) is 11.9 Å². The van der Waals surface area contributed by atoms with Gasteiger partial charge in [0.1, 0.15) is 5.69 Å². The van der Waals surface area contributed by atoms with Crippen molar-refractivity contribution in [1.82, 2.24) is 10.3 Å². The normalized spacial score (nSPS) is 18.1. The number of benzene rings is 1. The smallest absolute Gasteiger partial charge is 0.271 e. The number of aromatic nitrogens is 1. The highest BCUT2D eigenvalue weighted by Crippen LogP contribution is 2.29. The van der Waals surface area contributed by atoms with E-state index in [0.29, 0.717) is 5.69 Å². The van der Waals surface area contributed by atoms with E-state index in [1.165, 1.54) is 22.5 Å². The molecule has 0 aliphatic heterocycles. The first-order valence-electron chi connectivity index (χ1n) is 6.11. The molecule has 1 aliphatic rings. The van der Waals surface area contributed by atoms with E-state index in [2.05, 4.69) is 28.5 Å². The number of hydrogen-bond donors (Lipinski definition) is 1. The van der Waals surface area contributed by atoms with Crippen LogP contribution in [0.15, 0.2) is 35.2 Å². The van der Waals surface area contributed by atoms with Gasteiger partial charge in [-0.05, 0) is 30.4 Å². The third-order valence-corrected chi connectivity index (χ3v) is 3.93. The summed E-state index contributed by atoms with van der Waals surface area (Å²) in [6.07, 6.45) is 3.24. The van der Waals surface area contributed by atoms with Crippen molar-refractivity contribution in [1.29, 1.82) is 0 Å². The fourth-order valence-corrected chi connectivity index (χ4v) is 2.99. The molecule has 4 heteroatoms. The molecule has 1 aromatic carbocycles. The maximum Gasteiger partial charge on any atom is 0.271 e. The lowest BCUT2D eigenvalue weighted by Crippen LogP contribution is -2.31. The summed E-state index contributed by atoms with van der Waals surface area (Å²) < 4.78 is 0. The number of carbonyl (C=O) groups excluding carboxylic acids is 1. The van der Waals surface area contributed by atoms with Gasteiger partial charge in [-0.3, -0.25) is 4.79 Å². The first-order valence-corrected chi connectivity index (χ1v) is 7.06. The maximum absolute atomic E-state index is 12.0. The maximum atomic E-state index is 12.0. The molecular formula is C14H14N2OS. The fraction of sp³-hybridized carbons (Fsp3) is 0.286. The van der Waals surface area contributed by atoms with Gasteiger partial charge in [-0.15, -0.1) is 11.3 Å². The van der Waals surface area contributed by atoms with Crippen LogP contribution in [0.2, 0.25) is 0 Å². The predicted molar refractivity (Wildman–Crippen MR) is 71.7 cm³/mol. The van der Waals surface area contributed by atoms with E-state index in [1.807, 2.05) is 6.07 Å². The van der Waals surface area contributed by atoms with Gasteiger partial charge in [0.25, 0.3) is 5.91 Å². The number of hydrogen-bond acceptors (Lipinski definition) is 3. The zero-order valence-corrected chi connectivity index (χ0v) is 10.7. The minimum atomic E-state index is -0.0713. The van der Waals surface area contributed by atoms with Crippen LogP contribution in [0.1, 0.15) is 40.5 Å². The molecule has 0 saturated heterocycles. The van der Waals surface area contributed by atoms with Crippen LogP contribution in [-0.4, -0.2) is 10.9 Å². The van der Waals surface area contributed by atoms with Crippen molar-refractivity contribution in [3.8, 4) is 0 Å². The Hall–Kier alpha value is -1.68. The lowest BCUT2D eigenvalue weighted by atomic mass is 9.88. The van der Waals surface area contributed by atoms with Crippen molar-refractivity contribution in [2.45, 2.75) is 25.3 Å². The quantitative estimate of drug-likeness (QED) is 0.900. The Kier molecular flexibility index (Phi) is 3.11. The molecule has 0 unspecified atom stereocenters. The lowest BCUT2D eigenvalue weighted by Gasteiger charge is -2.26. The Morgan fingerprint density at radius 2 is 2.28 bits per heavy atom. The number of fused-ring (bicyclic) bond motifs is 1. The summed E-state index contributed by atoms with van der Waals surface area (Å²) in [5.41, 5.74) is 4.81. The third kappa shape index (κ3) is 2.16. The second-order valence-electron chi connectivity index (χ2n) is 4.49. The van der Waals surface area contributed by atoms with Gasteiger partial charge in [0.15, 0.2) is 0 Å². The van der Waals surface area contributed by atoms with Gasteiger partial charge in [0, 0.05) is 5.38 Å². The van der Waals surface area contributed by atoms with Gasteiger partial charge in [-0.2, -0.15) is 0 Å². The summed E-state index contributed by atoms with van der Waals surface area (Å²) in [6, 6.07) is 8.48. The summed E-state index contributed by atoms with van der Waals surface area (Å²) in [7, 11) is 0. The molecule has 1 atom stereocenters. The first kappa shape index (κ1) is 11.4. The van der Waals surface area contributed by atoms with Crippen LogP contribution in [-0.2, 0) is 6.42 Å². The summed E-state index contributed by atoms with van der Waals surface area (Å²) >= 11 is 1.44. The molecule has 0 spiro atoms. The van der Waals surface area contributed by atoms with E-state index in [4.69, 9.17) is 0 Å². The van der Waals surface area contributed by atoms with Crippen molar-refractivity contribution in [2.75, 3.05) is 0 Å². The lowest BCUT2D eigenvalue weighted by molar-refractivity contribution is 0.0928.